The molecule has 0 saturated heterocycles. The van der Waals surface area contributed by atoms with Crippen LogP contribution in [0.15, 0.2) is 18.5 Å². The van der Waals surface area contributed by atoms with Crippen LogP contribution < -0.4 is 5.32 Å². The van der Waals surface area contributed by atoms with Crippen molar-refractivity contribution in [1.82, 2.24) is 14.6 Å². The maximum atomic E-state index is 6.21. The maximum absolute atomic E-state index is 6.21. The van der Waals surface area contributed by atoms with Gasteiger partial charge in [-0.3, -0.25) is 0 Å². The number of aromatic nitrogens is 3. The zero-order valence-corrected chi connectivity index (χ0v) is 12.8. The third kappa shape index (κ3) is 2.37. The topological polar surface area (TPSA) is 42.2 Å². The van der Waals surface area contributed by atoms with Crippen LogP contribution in [0.25, 0.3) is 5.52 Å². The molecule has 1 N–H and O–H groups in total. The van der Waals surface area contributed by atoms with Crippen LogP contribution in [0.1, 0.15) is 51.1 Å². The number of nitrogens with one attached hydrogen (secondary N) is 1. The van der Waals surface area contributed by atoms with E-state index >= 15 is 0 Å². The quantitative estimate of drug-likeness (QED) is 0.871. The molecule has 2 heterocycles. The summed E-state index contributed by atoms with van der Waals surface area (Å²) in [5.41, 5.74) is 2.12. The van der Waals surface area contributed by atoms with Gasteiger partial charge in [0, 0.05) is 18.3 Å². The second-order valence-electron chi connectivity index (χ2n) is 6.08. The molecule has 4 nitrogen and oxygen atoms in total. The molecule has 1 aliphatic rings. The number of anilines is 1. The Morgan fingerprint density at radius 1 is 1.40 bits per heavy atom. The zero-order valence-electron chi connectivity index (χ0n) is 12.1. The molecule has 0 bridgehead atoms. The summed E-state index contributed by atoms with van der Waals surface area (Å²) in [5.74, 6) is 1.94. The number of hydrogen-bond acceptors (Lipinski definition) is 3. The van der Waals surface area contributed by atoms with Crippen molar-refractivity contribution in [3.8, 4) is 0 Å². The van der Waals surface area contributed by atoms with Crippen molar-refractivity contribution in [2.45, 2.75) is 51.0 Å². The van der Waals surface area contributed by atoms with E-state index in [2.05, 4.69) is 35.3 Å². The van der Waals surface area contributed by atoms with Gasteiger partial charge in [-0.25, -0.2) is 9.50 Å². The second kappa shape index (κ2) is 5.24. The average Bonchev–Trinajstić information content (AvgIpc) is 3.06. The molecule has 0 aliphatic heterocycles. The highest BCUT2D eigenvalue weighted by molar-refractivity contribution is 6.18. The van der Waals surface area contributed by atoms with E-state index < -0.39 is 0 Å². The lowest BCUT2D eigenvalue weighted by molar-refractivity contribution is 0.538. The Labute approximate surface area is 124 Å². The number of fused-ring (bicyclic) bond motifs is 1. The Kier molecular flexibility index (Phi) is 3.59. The third-order valence-corrected chi connectivity index (χ3v) is 4.71. The van der Waals surface area contributed by atoms with E-state index in [1.54, 1.807) is 6.20 Å². The lowest BCUT2D eigenvalue weighted by Gasteiger charge is -2.28. The Morgan fingerprint density at radius 2 is 2.15 bits per heavy atom. The lowest BCUT2D eigenvalue weighted by Crippen LogP contribution is -2.37. The van der Waals surface area contributed by atoms with Crippen molar-refractivity contribution < 1.29 is 0 Å². The van der Waals surface area contributed by atoms with Crippen molar-refractivity contribution >= 4 is 22.9 Å². The van der Waals surface area contributed by atoms with Crippen LogP contribution in [0.2, 0.25) is 0 Å². The van der Waals surface area contributed by atoms with E-state index in [1.807, 2.05) is 10.7 Å². The van der Waals surface area contributed by atoms with Crippen molar-refractivity contribution in [3.05, 3.63) is 24.2 Å². The van der Waals surface area contributed by atoms with Gasteiger partial charge < -0.3 is 5.32 Å². The molecule has 108 valence electrons. The van der Waals surface area contributed by atoms with Gasteiger partial charge in [-0.05, 0) is 24.8 Å². The first-order chi connectivity index (χ1) is 9.63. The van der Waals surface area contributed by atoms with Gasteiger partial charge in [-0.2, -0.15) is 5.10 Å². The van der Waals surface area contributed by atoms with E-state index in [0.29, 0.717) is 11.8 Å². The predicted molar refractivity (Wildman–Crippen MR) is 82.6 cm³/mol. The Hall–Kier alpha value is -1.29. The first kappa shape index (κ1) is 13.7. The normalized spacial score (nSPS) is 18.0. The Bertz CT molecular complexity index is 599. The van der Waals surface area contributed by atoms with E-state index in [1.165, 1.54) is 12.8 Å². The van der Waals surface area contributed by atoms with Crippen LogP contribution in [0, 0.1) is 0 Å². The molecule has 1 saturated carbocycles. The van der Waals surface area contributed by atoms with E-state index in [0.717, 1.165) is 29.9 Å². The van der Waals surface area contributed by atoms with Crippen LogP contribution >= 0.6 is 11.6 Å². The van der Waals surface area contributed by atoms with Crippen LogP contribution in [-0.4, -0.2) is 26.0 Å². The van der Waals surface area contributed by atoms with E-state index in [4.69, 9.17) is 11.6 Å². The Morgan fingerprint density at radius 3 is 2.80 bits per heavy atom. The molecule has 0 unspecified atom stereocenters. The molecule has 2 aromatic rings. The first-order valence-electron chi connectivity index (χ1n) is 7.32. The second-order valence-corrected chi connectivity index (χ2v) is 6.34. The molecular weight excluding hydrogens is 272 g/mol. The molecule has 3 rings (SSSR count). The zero-order chi connectivity index (χ0) is 14.2. The van der Waals surface area contributed by atoms with Gasteiger partial charge in [0.1, 0.15) is 5.52 Å². The summed E-state index contributed by atoms with van der Waals surface area (Å²) in [6.45, 7) is 4.30. The fraction of sp³-hybridized carbons (Fsp3) is 0.600. The highest BCUT2D eigenvalue weighted by atomic mass is 35.5. The highest BCUT2D eigenvalue weighted by Gasteiger charge is 2.33. The third-order valence-electron chi connectivity index (χ3n) is 4.20. The standard InChI is InChI=1S/C15H21ClN4/c1-11(2)12-9-13-14(17-7-8-20(13)19-12)18-15(10-16)5-3-4-6-15/h7-9,11H,3-6,10H2,1-2H3,(H,17,18). The van der Waals surface area contributed by atoms with Gasteiger partial charge in [0.15, 0.2) is 5.82 Å². The van der Waals surface area contributed by atoms with Gasteiger partial charge in [0.2, 0.25) is 0 Å². The minimum Gasteiger partial charge on any atom is -0.362 e. The number of alkyl halides is 1. The van der Waals surface area contributed by atoms with Crippen molar-refractivity contribution in [2.75, 3.05) is 11.2 Å². The molecule has 1 fully saturated rings. The number of rotatable bonds is 4. The average molecular weight is 293 g/mol. The minimum absolute atomic E-state index is 0.00133. The van der Waals surface area contributed by atoms with Gasteiger partial charge in [-0.1, -0.05) is 26.7 Å². The van der Waals surface area contributed by atoms with Crippen molar-refractivity contribution in [2.24, 2.45) is 0 Å². The van der Waals surface area contributed by atoms with Crippen LogP contribution in [0.5, 0.6) is 0 Å². The summed E-state index contributed by atoms with van der Waals surface area (Å²) < 4.78 is 1.90. The van der Waals surface area contributed by atoms with Gasteiger partial charge in [0.25, 0.3) is 0 Å². The molecule has 0 radical (unpaired) electrons. The van der Waals surface area contributed by atoms with Gasteiger partial charge >= 0.3 is 0 Å². The summed E-state index contributed by atoms with van der Waals surface area (Å²) in [4.78, 5) is 4.51. The first-order valence-corrected chi connectivity index (χ1v) is 7.85. The molecule has 0 spiro atoms. The van der Waals surface area contributed by atoms with E-state index in [9.17, 15) is 0 Å². The number of nitrogens with zero attached hydrogens (tertiary/aromatic N) is 3. The smallest absolute Gasteiger partial charge is 0.152 e. The molecule has 0 atom stereocenters. The number of hydrogen-bond donors (Lipinski definition) is 1. The molecule has 0 amide bonds. The van der Waals surface area contributed by atoms with E-state index in [-0.39, 0.29) is 5.54 Å². The summed E-state index contributed by atoms with van der Waals surface area (Å²) in [6, 6.07) is 2.12. The highest BCUT2D eigenvalue weighted by Crippen LogP contribution is 2.34. The van der Waals surface area contributed by atoms with Crippen LogP contribution in [0.4, 0.5) is 5.82 Å². The number of halogens is 1. The van der Waals surface area contributed by atoms with Gasteiger partial charge in [-0.15, -0.1) is 11.6 Å². The predicted octanol–water partition coefficient (Wildman–Crippen LogP) is 3.82. The fourth-order valence-corrected chi connectivity index (χ4v) is 3.25. The summed E-state index contributed by atoms with van der Waals surface area (Å²) in [5, 5.41) is 8.20. The SMILES string of the molecule is CC(C)c1cc2c(NC3(CCl)CCCC3)nccn2n1. The van der Waals surface area contributed by atoms with Gasteiger partial charge in [0.05, 0.1) is 11.2 Å². The fourth-order valence-electron chi connectivity index (χ4n) is 2.91. The minimum atomic E-state index is -0.00133. The monoisotopic (exact) mass is 292 g/mol. The lowest BCUT2D eigenvalue weighted by atomic mass is 10.0. The largest absolute Gasteiger partial charge is 0.362 e. The van der Waals surface area contributed by atoms with Crippen LogP contribution in [-0.2, 0) is 0 Å². The van der Waals surface area contributed by atoms with Crippen molar-refractivity contribution in [1.29, 1.82) is 0 Å². The molecule has 2 aromatic heterocycles. The molecule has 0 aromatic carbocycles. The molecule has 5 heteroatoms. The molecule has 20 heavy (non-hydrogen) atoms. The maximum Gasteiger partial charge on any atom is 0.152 e. The van der Waals surface area contributed by atoms with Crippen molar-refractivity contribution in [3.63, 3.8) is 0 Å². The molecule has 1 aliphatic carbocycles. The molecular formula is C15H21ClN4. The summed E-state index contributed by atoms with van der Waals surface area (Å²) in [7, 11) is 0. The van der Waals surface area contributed by atoms with Crippen LogP contribution in [0.3, 0.4) is 0 Å². The summed E-state index contributed by atoms with van der Waals surface area (Å²) in [6.07, 6.45) is 8.39. The Balaban J connectivity index is 1.98. The summed E-state index contributed by atoms with van der Waals surface area (Å²) >= 11 is 6.21.